The quantitative estimate of drug-likeness (QED) is 0.635. The molecule has 0 spiro atoms. The van der Waals surface area contributed by atoms with Crippen molar-refractivity contribution in [1.29, 1.82) is 0 Å². The summed E-state index contributed by atoms with van der Waals surface area (Å²) in [5, 5.41) is 14.1. The first-order valence-corrected chi connectivity index (χ1v) is 6.49. The van der Waals surface area contributed by atoms with Gasteiger partial charge in [0.1, 0.15) is 0 Å². The third-order valence-corrected chi connectivity index (χ3v) is 3.13. The van der Waals surface area contributed by atoms with Crippen LogP contribution in [0.25, 0.3) is 0 Å². The number of carbonyl (C=O) groups is 2. The second kappa shape index (κ2) is 7.92. The Labute approximate surface area is 107 Å². The van der Waals surface area contributed by atoms with Crippen LogP contribution < -0.4 is 10.6 Å². The van der Waals surface area contributed by atoms with Gasteiger partial charge in [-0.1, -0.05) is 6.92 Å². The number of hydrogen-bond acceptors (Lipinski definition) is 3. The first-order chi connectivity index (χ1) is 8.63. The lowest BCUT2D eigenvalue weighted by Crippen LogP contribution is -2.40. The van der Waals surface area contributed by atoms with Crippen molar-refractivity contribution < 1.29 is 19.4 Å². The molecule has 2 amide bonds. The highest BCUT2D eigenvalue weighted by atomic mass is 16.5. The Balaban J connectivity index is 2.07. The number of amides is 2. The maximum absolute atomic E-state index is 11.4. The molecule has 1 saturated heterocycles. The van der Waals surface area contributed by atoms with Gasteiger partial charge < -0.3 is 20.5 Å². The number of nitrogens with one attached hydrogen (secondary N) is 2. The minimum atomic E-state index is -0.878. The molecule has 1 aliphatic heterocycles. The van der Waals surface area contributed by atoms with E-state index in [9.17, 15) is 9.59 Å². The Morgan fingerprint density at radius 1 is 1.44 bits per heavy atom. The number of rotatable bonds is 7. The van der Waals surface area contributed by atoms with Gasteiger partial charge in [-0.3, -0.25) is 4.79 Å². The fourth-order valence-corrected chi connectivity index (χ4v) is 1.90. The molecule has 1 rings (SSSR count). The maximum atomic E-state index is 11.4. The summed E-state index contributed by atoms with van der Waals surface area (Å²) in [6.45, 7) is 3.32. The first-order valence-electron chi connectivity index (χ1n) is 6.49. The zero-order chi connectivity index (χ0) is 13.4. The Morgan fingerprint density at radius 3 is 2.78 bits per heavy atom. The average molecular weight is 258 g/mol. The van der Waals surface area contributed by atoms with Crippen LogP contribution in [0.1, 0.15) is 32.6 Å². The molecule has 0 radical (unpaired) electrons. The Morgan fingerprint density at radius 2 is 2.22 bits per heavy atom. The molecular weight excluding hydrogens is 236 g/mol. The van der Waals surface area contributed by atoms with Crippen LogP contribution in [0, 0.1) is 5.92 Å². The van der Waals surface area contributed by atoms with E-state index in [1.54, 1.807) is 6.92 Å². The van der Waals surface area contributed by atoms with E-state index >= 15 is 0 Å². The lowest BCUT2D eigenvalue weighted by Gasteiger charge is -2.13. The highest BCUT2D eigenvalue weighted by Gasteiger charge is 2.17. The zero-order valence-corrected chi connectivity index (χ0v) is 10.8. The summed E-state index contributed by atoms with van der Waals surface area (Å²) in [5.41, 5.74) is 0. The molecule has 104 valence electrons. The lowest BCUT2D eigenvalue weighted by atomic mass is 10.1. The van der Waals surface area contributed by atoms with Crippen LogP contribution in [0.2, 0.25) is 0 Å². The summed E-state index contributed by atoms with van der Waals surface area (Å²) < 4.78 is 5.43. The Kier molecular flexibility index (Phi) is 6.49. The monoisotopic (exact) mass is 258 g/mol. The summed E-state index contributed by atoms with van der Waals surface area (Å²) in [6.07, 6.45) is 3.72. The zero-order valence-electron chi connectivity index (χ0n) is 10.8. The van der Waals surface area contributed by atoms with E-state index in [1.807, 2.05) is 0 Å². The molecule has 0 aromatic heterocycles. The van der Waals surface area contributed by atoms with E-state index in [0.29, 0.717) is 13.0 Å². The van der Waals surface area contributed by atoms with Crippen molar-refractivity contribution in [3.05, 3.63) is 0 Å². The Hall–Kier alpha value is -1.30. The largest absolute Gasteiger partial charge is 0.481 e. The summed E-state index contributed by atoms with van der Waals surface area (Å²) in [5.74, 6) is -1.40. The molecule has 0 saturated carbocycles. The summed E-state index contributed by atoms with van der Waals surface area (Å²) in [4.78, 5) is 22.1. The molecule has 1 aliphatic rings. The molecule has 18 heavy (non-hydrogen) atoms. The van der Waals surface area contributed by atoms with E-state index in [4.69, 9.17) is 9.84 Å². The van der Waals surface area contributed by atoms with E-state index < -0.39 is 11.9 Å². The number of carboxylic acids is 1. The van der Waals surface area contributed by atoms with Gasteiger partial charge in [0.05, 0.1) is 12.0 Å². The molecule has 0 aromatic rings. The SMILES string of the molecule is CCC(CNC(=O)NCCC1CCCO1)C(=O)O. The number of urea groups is 1. The molecule has 0 aliphatic carbocycles. The molecule has 0 aromatic carbocycles. The summed E-state index contributed by atoms with van der Waals surface area (Å²) >= 11 is 0. The van der Waals surface area contributed by atoms with Crippen LogP contribution in [0.5, 0.6) is 0 Å². The second-order valence-corrected chi connectivity index (χ2v) is 4.50. The van der Waals surface area contributed by atoms with Crippen molar-refractivity contribution in [1.82, 2.24) is 10.6 Å². The molecule has 1 fully saturated rings. The van der Waals surface area contributed by atoms with Crippen molar-refractivity contribution in [3.8, 4) is 0 Å². The van der Waals surface area contributed by atoms with Crippen LogP contribution in [-0.4, -0.2) is 42.9 Å². The smallest absolute Gasteiger partial charge is 0.314 e. The van der Waals surface area contributed by atoms with Gasteiger partial charge in [-0.05, 0) is 25.7 Å². The predicted molar refractivity (Wildman–Crippen MR) is 66.4 cm³/mol. The summed E-state index contributed by atoms with van der Waals surface area (Å²) in [6, 6.07) is -0.312. The standard InChI is InChI=1S/C12H22N2O4/c1-2-9(11(15)16)8-14-12(17)13-6-5-10-4-3-7-18-10/h9-10H,2-8H2,1H3,(H,15,16)(H2,13,14,17). The number of carboxylic acid groups (broad SMARTS) is 1. The van der Waals surface area contributed by atoms with Crippen molar-refractivity contribution in [2.75, 3.05) is 19.7 Å². The molecule has 6 heteroatoms. The van der Waals surface area contributed by atoms with Gasteiger partial charge in [0.25, 0.3) is 0 Å². The third-order valence-electron chi connectivity index (χ3n) is 3.13. The lowest BCUT2D eigenvalue weighted by molar-refractivity contribution is -0.141. The van der Waals surface area contributed by atoms with Crippen LogP contribution >= 0.6 is 0 Å². The molecule has 2 unspecified atom stereocenters. The minimum absolute atomic E-state index is 0.164. The molecule has 6 nitrogen and oxygen atoms in total. The fraction of sp³-hybridized carbons (Fsp3) is 0.833. The van der Waals surface area contributed by atoms with Gasteiger partial charge in [0.15, 0.2) is 0 Å². The number of ether oxygens (including phenoxy) is 1. The van der Waals surface area contributed by atoms with Gasteiger partial charge in [-0.25, -0.2) is 4.79 Å². The van der Waals surface area contributed by atoms with E-state index in [2.05, 4.69) is 10.6 Å². The summed E-state index contributed by atoms with van der Waals surface area (Å²) in [7, 11) is 0. The van der Waals surface area contributed by atoms with E-state index in [1.165, 1.54) is 0 Å². The van der Waals surface area contributed by atoms with Gasteiger partial charge in [0.2, 0.25) is 0 Å². The van der Waals surface area contributed by atoms with Gasteiger partial charge in [0, 0.05) is 19.7 Å². The van der Waals surface area contributed by atoms with E-state index in [0.717, 1.165) is 25.9 Å². The normalized spacial score (nSPS) is 20.4. The second-order valence-electron chi connectivity index (χ2n) is 4.50. The van der Waals surface area contributed by atoms with Gasteiger partial charge >= 0.3 is 12.0 Å². The van der Waals surface area contributed by atoms with Crippen molar-refractivity contribution in [2.24, 2.45) is 5.92 Å². The van der Waals surface area contributed by atoms with Gasteiger partial charge in [-0.2, -0.15) is 0 Å². The maximum Gasteiger partial charge on any atom is 0.314 e. The minimum Gasteiger partial charge on any atom is -0.481 e. The number of aliphatic carboxylic acids is 1. The van der Waals surface area contributed by atoms with Crippen LogP contribution in [0.4, 0.5) is 4.79 Å². The molecule has 3 N–H and O–H groups in total. The van der Waals surface area contributed by atoms with Crippen molar-refractivity contribution in [3.63, 3.8) is 0 Å². The van der Waals surface area contributed by atoms with Crippen molar-refractivity contribution >= 4 is 12.0 Å². The topological polar surface area (TPSA) is 87.7 Å². The molecular formula is C12H22N2O4. The van der Waals surface area contributed by atoms with Crippen molar-refractivity contribution in [2.45, 2.75) is 38.7 Å². The van der Waals surface area contributed by atoms with E-state index in [-0.39, 0.29) is 18.7 Å². The Bertz CT molecular complexity index is 277. The molecule has 0 bridgehead atoms. The highest BCUT2D eigenvalue weighted by molar-refractivity contribution is 5.75. The third kappa shape index (κ3) is 5.35. The highest BCUT2D eigenvalue weighted by Crippen LogP contribution is 2.14. The first kappa shape index (κ1) is 14.8. The van der Waals surface area contributed by atoms with Gasteiger partial charge in [-0.15, -0.1) is 0 Å². The van der Waals surface area contributed by atoms with Crippen LogP contribution in [0.15, 0.2) is 0 Å². The number of hydrogen-bond donors (Lipinski definition) is 3. The molecule has 1 heterocycles. The fourth-order valence-electron chi connectivity index (χ4n) is 1.90. The predicted octanol–water partition coefficient (Wildman–Crippen LogP) is 0.965. The number of carbonyl (C=O) groups excluding carboxylic acids is 1. The van der Waals surface area contributed by atoms with Crippen LogP contribution in [0.3, 0.4) is 0 Å². The molecule has 2 atom stereocenters. The average Bonchev–Trinajstić information content (AvgIpc) is 2.82. The van der Waals surface area contributed by atoms with Crippen LogP contribution in [-0.2, 0) is 9.53 Å².